The van der Waals surface area contributed by atoms with E-state index in [2.05, 4.69) is 5.32 Å². The fourth-order valence-electron chi connectivity index (χ4n) is 2.25. The van der Waals surface area contributed by atoms with E-state index in [0.29, 0.717) is 19.8 Å². The molecule has 92 valence electrons. The van der Waals surface area contributed by atoms with Crippen LogP contribution in [0.1, 0.15) is 25.7 Å². The highest BCUT2D eigenvalue weighted by atomic mass is 16.6. The van der Waals surface area contributed by atoms with Crippen molar-refractivity contribution in [3.05, 3.63) is 0 Å². The molecule has 1 heterocycles. The highest BCUT2D eigenvalue weighted by molar-refractivity contribution is 5.81. The van der Waals surface area contributed by atoms with Gasteiger partial charge >= 0.3 is 0 Å². The molecule has 3 atom stereocenters. The normalized spacial score (nSPS) is 35.7. The Kier molecular flexibility index (Phi) is 4.15. The van der Waals surface area contributed by atoms with Gasteiger partial charge in [-0.05, 0) is 12.8 Å². The molecule has 0 bridgehead atoms. The Hall–Kier alpha value is -0.650. The molecule has 0 aromatic rings. The molecule has 2 aliphatic rings. The monoisotopic (exact) mass is 228 g/mol. The third kappa shape index (κ3) is 2.93. The van der Waals surface area contributed by atoms with Crippen LogP contribution in [-0.2, 0) is 14.3 Å². The smallest absolute Gasteiger partial charge is 0.251 e. The Morgan fingerprint density at radius 3 is 2.75 bits per heavy atom. The van der Waals surface area contributed by atoms with Gasteiger partial charge in [0.1, 0.15) is 0 Å². The molecular weight excluding hydrogens is 208 g/mol. The maximum absolute atomic E-state index is 11.8. The summed E-state index contributed by atoms with van der Waals surface area (Å²) in [4.78, 5) is 11.8. The van der Waals surface area contributed by atoms with Crippen LogP contribution in [0.25, 0.3) is 0 Å². The molecule has 2 fully saturated rings. The minimum atomic E-state index is -0.456. The molecule has 16 heavy (non-hydrogen) atoms. The summed E-state index contributed by atoms with van der Waals surface area (Å²) in [6.45, 7) is 1.43. The number of rotatable bonds is 2. The van der Waals surface area contributed by atoms with Gasteiger partial charge in [-0.3, -0.25) is 4.79 Å². The number of carbonyl (C=O) groups excluding carboxylic acids is 1. The average Bonchev–Trinajstić information content (AvgIpc) is 2.33. The third-order valence-electron chi connectivity index (χ3n) is 3.26. The summed E-state index contributed by atoms with van der Waals surface area (Å²) in [6, 6.07) is 0.189. The fourth-order valence-corrected chi connectivity index (χ4v) is 2.25. The van der Waals surface area contributed by atoms with Crippen LogP contribution in [0.15, 0.2) is 0 Å². The van der Waals surface area contributed by atoms with Gasteiger partial charge in [-0.2, -0.15) is 0 Å². The first-order valence-electron chi connectivity index (χ1n) is 6.02. The van der Waals surface area contributed by atoms with Gasteiger partial charge in [-0.1, -0.05) is 12.8 Å². The van der Waals surface area contributed by atoms with E-state index in [9.17, 15) is 4.79 Å². The number of nitrogens with one attached hydrogen (secondary N) is 1. The van der Waals surface area contributed by atoms with E-state index < -0.39 is 6.10 Å². The second kappa shape index (κ2) is 5.61. The van der Waals surface area contributed by atoms with Crippen LogP contribution in [0, 0.1) is 0 Å². The van der Waals surface area contributed by atoms with Crippen molar-refractivity contribution < 1.29 is 14.3 Å². The van der Waals surface area contributed by atoms with Crippen LogP contribution >= 0.6 is 0 Å². The molecule has 3 N–H and O–H groups in total. The quantitative estimate of drug-likeness (QED) is 0.686. The van der Waals surface area contributed by atoms with Crippen molar-refractivity contribution in [2.24, 2.45) is 5.73 Å². The van der Waals surface area contributed by atoms with E-state index in [0.717, 1.165) is 25.7 Å². The second-order valence-corrected chi connectivity index (χ2v) is 4.50. The SMILES string of the molecule is NC1CCCCC1NC(=O)C1COCCO1. The van der Waals surface area contributed by atoms with Crippen molar-refractivity contribution in [2.45, 2.75) is 43.9 Å². The third-order valence-corrected chi connectivity index (χ3v) is 3.26. The largest absolute Gasteiger partial charge is 0.376 e. The molecule has 0 spiro atoms. The predicted octanol–water partition coefficient (Wildman–Crippen LogP) is -0.212. The first-order valence-corrected chi connectivity index (χ1v) is 6.02. The molecule has 1 saturated heterocycles. The van der Waals surface area contributed by atoms with E-state index in [-0.39, 0.29) is 18.0 Å². The fraction of sp³-hybridized carbons (Fsp3) is 0.909. The van der Waals surface area contributed by atoms with E-state index >= 15 is 0 Å². The van der Waals surface area contributed by atoms with E-state index in [4.69, 9.17) is 15.2 Å². The Bertz CT molecular complexity index is 241. The van der Waals surface area contributed by atoms with Gasteiger partial charge in [0.15, 0.2) is 6.10 Å². The minimum Gasteiger partial charge on any atom is -0.376 e. The lowest BCUT2D eigenvalue weighted by Gasteiger charge is -2.31. The topological polar surface area (TPSA) is 73.6 Å². The maximum Gasteiger partial charge on any atom is 0.251 e. The number of hydrogen-bond acceptors (Lipinski definition) is 4. The summed E-state index contributed by atoms with van der Waals surface area (Å²) in [5.41, 5.74) is 5.97. The summed E-state index contributed by atoms with van der Waals surface area (Å²) >= 11 is 0. The van der Waals surface area contributed by atoms with E-state index in [1.165, 1.54) is 0 Å². The number of hydrogen-bond donors (Lipinski definition) is 2. The molecule has 0 aromatic heterocycles. The maximum atomic E-state index is 11.8. The molecule has 0 radical (unpaired) electrons. The molecule has 1 amide bonds. The first kappa shape index (κ1) is 11.8. The summed E-state index contributed by atoms with van der Waals surface area (Å²) in [5, 5.41) is 2.97. The number of nitrogens with two attached hydrogens (primary N) is 1. The lowest BCUT2D eigenvalue weighted by molar-refractivity contribution is -0.148. The Morgan fingerprint density at radius 1 is 1.25 bits per heavy atom. The standard InChI is InChI=1S/C11H20N2O3/c12-8-3-1-2-4-9(8)13-11(14)10-7-15-5-6-16-10/h8-10H,1-7,12H2,(H,13,14). The van der Waals surface area contributed by atoms with E-state index in [1.54, 1.807) is 0 Å². The summed E-state index contributed by atoms with van der Waals surface area (Å²) < 4.78 is 10.5. The first-order chi connectivity index (χ1) is 7.77. The van der Waals surface area contributed by atoms with Crippen LogP contribution in [0.3, 0.4) is 0 Å². The zero-order valence-electron chi connectivity index (χ0n) is 9.48. The van der Waals surface area contributed by atoms with Crippen LogP contribution in [0.2, 0.25) is 0 Å². The molecule has 2 rings (SSSR count). The second-order valence-electron chi connectivity index (χ2n) is 4.50. The van der Waals surface area contributed by atoms with Crippen molar-refractivity contribution >= 4 is 5.91 Å². The van der Waals surface area contributed by atoms with Crippen molar-refractivity contribution in [1.82, 2.24) is 5.32 Å². The Labute approximate surface area is 95.7 Å². The molecule has 1 aliphatic heterocycles. The molecule has 5 nitrogen and oxygen atoms in total. The molecular formula is C11H20N2O3. The highest BCUT2D eigenvalue weighted by Crippen LogP contribution is 2.17. The van der Waals surface area contributed by atoms with Crippen molar-refractivity contribution in [3.63, 3.8) is 0 Å². The zero-order chi connectivity index (χ0) is 11.4. The predicted molar refractivity (Wildman–Crippen MR) is 58.9 cm³/mol. The minimum absolute atomic E-state index is 0.0814. The van der Waals surface area contributed by atoms with Crippen molar-refractivity contribution in [3.8, 4) is 0 Å². The van der Waals surface area contributed by atoms with Gasteiger partial charge < -0.3 is 20.5 Å². The lowest BCUT2D eigenvalue weighted by Crippen LogP contribution is -2.53. The van der Waals surface area contributed by atoms with Crippen LogP contribution in [-0.4, -0.2) is 43.9 Å². The summed E-state index contributed by atoms with van der Waals surface area (Å²) in [6.07, 6.45) is 3.81. The average molecular weight is 228 g/mol. The van der Waals surface area contributed by atoms with Gasteiger partial charge in [0.05, 0.1) is 19.8 Å². The van der Waals surface area contributed by atoms with Gasteiger partial charge in [0, 0.05) is 12.1 Å². The van der Waals surface area contributed by atoms with Gasteiger partial charge in [-0.25, -0.2) is 0 Å². The van der Waals surface area contributed by atoms with Crippen molar-refractivity contribution in [1.29, 1.82) is 0 Å². The zero-order valence-corrected chi connectivity index (χ0v) is 9.48. The molecule has 0 aromatic carbocycles. The van der Waals surface area contributed by atoms with Crippen LogP contribution < -0.4 is 11.1 Å². The van der Waals surface area contributed by atoms with Gasteiger partial charge in [0.2, 0.25) is 0 Å². The number of amides is 1. The van der Waals surface area contributed by atoms with Crippen LogP contribution in [0.4, 0.5) is 0 Å². The summed E-state index contributed by atoms with van der Waals surface area (Å²) in [5.74, 6) is -0.0814. The van der Waals surface area contributed by atoms with Crippen molar-refractivity contribution in [2.75, 3.05) is 19.8 Å². The molecule has 5 heteroatoms. The number of ether oxygens (including phenoxy) is 2. The van der Waals surface area contributed by atoms with Crippen LogP contribution in [0.5, 0.6) is 0 Å². The Morgan fingerprint density at radius 2 is 2.06 bits per heavy atom. The Balaban J connectivity index is 1.80. The molecule has 3 unspecified atom stereocenters. The summed E-state index contributed by atoms with van der Waals surface area (Å²) in [7, 11) is 0. The lowest BCUT2D eigenvalue weighted by atomic mass is 9.91. The molecule has 1 aliphatic carbocycles. The molecule has 1 saturated carbocycles. The number of carbonyl (C=O) groups is 1. The van der Waals surface area contributed by atoms with Gasteiger partial charge in [-0.15, -0.1) is 0 Å². The van der Waals surface area contributed by atoms with E-state index in [1.807, 2.05) is 0 Å². The highest BCUT2D eigenvalue weighted by Gasteiger charge is 2.28. The van der Waals surface area contributed by atoms with Gasteiger partial charge in [0.25, 0.3) is 5.91 Å².